The summed E-state index contributed by atoms with van der Waals surface area (Å²) in [4.78, 5) is 12.0. The second kappa shape index (κ2) is 7.68. The van der Waals surface area contributed by atoms with Gasteiger partial charge in [-0.3, -0.25) is 0 Å². The van der Waals surface area contributed by atoms with Crippen molar-refractivity contribution in [3.8, 4) is 0 Å². The van der Waals surface area contributed by atoms with Gasteiger partial charge in [0.05, 0.1) is 5.91 Å². The molecule has 0 aromatic heterocycles. The number of carbonyl (C=O) groups excluding carboxylic acids is 1. The van der Waals surface area contributed by atoms with Gasteiger partial charge in [0.15, 0.2) is 0 Å². The molecule has 0 saturated carbocycles. The van der Waals surface area contributed by atoms with Crippen molar-refractivity contribution in [2.75, 3.05) is 7.05 Å². The van der Waals surface area contributed by atoms with E-state index in [1.54, 1.807) is 14.5 Å². The van der Waals surface area contributed by atoms with Crippen LogP contribution in [0.3, 0.4) is 0 Å². The van der Waals surface area contributed by atoms with Crippen molar-refractivity contribution in [2.45, 2.75) is 13.8 Å². The Morgan fingerprint density at radius 2 is 2.09 bits per heavy atom. The summed E-state index contributed by atoms with van der Waals surface area (Å²) in [5, 5.41) is 0. The minimum atomic E-state index is -0.183. The maximum Gasteiger partial charge on any atom is 1.00 e. The van der Waals surface area contributed by atoms with Crippen molar-refractivity contribution in [1.29, 1.82) is 0 Å². The van der Waals surface area contributed by atoms with Crippen LogP contribution < -0.4 is 51.4 Å². The molecule has 11 heavy (non-hydrogen) atoms. The van der Waals surface area contributed by atoms with E-state index in [1.165, 1.54) is 4.81 Å². The molecule has 4 heteroatoms. The molecule has 2 nitrogen and oxygen atoms in total. The van der Waals surface area contributed by atoms with Gasteiger partial charge in [-0.1, -0.05) is 13.8 Å². The molecule has 57 valence electrons. The molecule has 0 N–H and O–H groups in total. The normalized spacial score (nSPS) is 8.73. The molecule has 0 rings (SSSR count). The molecule has 0 bridgehead atoms. The van der Waals surface area contributed by atoms with E-state index in [9.17, 15) is 4.79 Å². The topological polar surface area (TPSA) is 20.3 Å². The molecule has 0 spiro atoms. The molecule has 0 aliphatic carbocycles. The fraction of sp³-hybridized carbons (Fsp3) is 0.571. The first kappa shape index (κ1) is 14.6. The van der Waals surface area contributed by atoms with Gasteiger partial charge >= 0.3 is 51.4 Å². The first-order chi connectivity index (χ1) is 4.54. The minimum absolute atomic E-state index is 0. The molecule has 0 aliphatic heterocycles. The van der Waals surface area contributed by atoms with E-state index in [-0.39, 0.29) is 57.3 Å². The summed E-state index contributed by atoms with van der Waals surface area (Å²) in [5.74, 6) is 0.290. The van der Waals surface area contributed by atoms with Crippen molar-refractivity contribution in [3.05, 3.63) is 13.2 Å². The predicted molar refractivity (Wildman–Crippen MR) is 43.0 cm³/mol. The summed E-state index contributed by atoms with van der Waals surface area (Å²) in [6, 6.07) is 0. The SMILES string of the molecule is [CH2-]C(=O)N(C)[B][CH-]C(C)C.[K+]. The molecule has 0 aromatic carbocycles. The van der Waals surface area contributed by atoms with Gasteiger partial charge in [0, 0.05) is 7.41 Å². The van der Waals surface area contributed by atoms with Crippen LogP contribution in [0.5, 0.6) is 0 Å². The van der Waals surface area contributed by atoms with Crippen LogP contribution in [0.1, 0.15) is 13.8 Å². The number of hydrogen-bond donors (Lipinski definition) is 0. The van der Waals surface area contributed by atoms with Crippen LogP contribution in [0.4, 0.5) is 0 Å². The van der Waals surface area contributed by atoms with Crippen molar-refractivity contribution in [3.63, 3.8) is 0 Å². The molecular formula is C7H13BKNO-. The Morgan fingerprint density at radius 3 is 2.36 bits per heavy atom. The third kappa shape index (κ3) is 8.95. The minimum Gasteiger partial charge on any atom is -0.454 e. The Bertz CT molecular complexity index is 119. The maximum atomic E-state index is 10.5. The van der Waals surface area contributed by atoms with E-state index in [0.717, 1.165) is 0 Å². The average Bonchev–Trinajstić information content (AvgIpc) is 1.82. The molecule has 0 aliphatic rings. The first-order valence-electron chi connectivity index (χ1n) is 3.31. The number of hydrogen-bond acceptors (Lipinski definition) is 1. The van der Waals surface area contributed by atoms with Crippen LogP contribution in [0.2, 0.25) is 0 Å². The van der Waals surface area contributed by atoms with Gasteiger partial charge in [0.1, 0.15) is 0 Å². The Morgan fingerprint density at radius 1 is 1.64 bits per heavy atom. The number of rotatable bonds is 3. The average molecular weight is 177 g/mol. The van der Waals surface area contributed by atoms with E-state index < -0.39 is 0 Å². The summed E-state index contributed by atoms with van der Waals surface area (Å²) in [5.41, 5.74) is 0. The van der Waals surface area contributed by atoms with E-state index in [2.05, 4.69) is 20.8 Å². The summed E-state index contributed by atoms with van der Waals surface area (Å²) < 4.78 is 0. The van der Waals surface area contributed by atoms with Gasteiger partial charge in [-0.15, -0.1) is 0 Å². The van der Waals surface area contributed by atoms with Crippen molar-refractivity contribution < 1.29 is 56.2 Å². The summed E-state index contributed by atoms with van der Waals surface area (Å²) in [6.07, 6.45) is 1.95. The molecule has 0 saturated heterocycles. The van der Waals surface area contributed by atoms with E-state index >= 15 is 0 Å². The van der Waals surface area contributed by atoms with Crippen LogP contribution in [0.15, 0.2) is 0 Å². The third-order valence-corrected chi connectivity index (χ3v) is 1.09. The standard InChI is InChI=1S/C7H13BNO.K/c1-6(2)5-8-9(4)7(3)10;/h5-6H,3H2,1-2,4H3;/q-2;+1. The van der Waals surface area contributed by atoms with Gasteiger partial charge in [-0.25, -0.2) is 0 Å². The van der Waals surface area contributed by atoms with Crippen LogP contribution in [-0.4, -0.2) is 25.2 Å². The maximum absolute atomic E-state index is 10.5. The Hall–Kier alpha value is 1.04. The van der Waals surface area contributed by atoms with E-state index in [4.69, 9.17) is 0 Å². The second-order valence-corrected chi connectivity index (χ2v) is 2.59. The van der Waals surface area contributed by atoms with Gasteiger partial charge in [-0.2, -0.15) is 5.92 Å². The molecule has 0 fully saturated rings. The number of carbonyl (C=O) groups is 1. The zero-order chi connectivity index (χ0) is 8.15. The molecular weight excluding hydrogens is 164 g/mol. The Kier molecular flexibility index (Phi) is 10.2. The van der Waals surface area contributed by atoms with E-state index in [1.807, 2.05) is 6.32 Å². The van der Waals surface area contributed by atoms with Gasteiger partial charge < -0.3 is 22.8 Å². The molecule has 1 amide bonds. The van der Waals surface area contributed by atoms with E-state index in [0.29, 0.717) is 5.92 Å². The second-order valence-electron chi connectivity index (χ2n) is 2.59. The summed E-state index contributed by atoms with van der Waals surface area (Å²) in [6.45, 7) is 7.36. The van der Waals surface area contributed by atoms with Crippen LogP contribution in [-0.2, 0) is 4.79 Å². The zero-order valence-corrected chi connectivity index (χ0v) is 10.9. The Labute approximate surface area is 113 Å². The monoisotopic (exact) mass is 177 g/mol. The fourth-order valence-electron chi connectivity index (χ4n) is 0.384. The Balaban J connectivity index is 0. The summed E-state index contributed by atoms with van der Waals surface area (Å²) >= 11 is 0. The number of nitrogens with zero attached hydrogens (tertiary/aromatic N) is 1. The predicted octanol–water partition coefficient (Wildman–Crippen LogP) is -2.28. The molecule has 0 atom stereocenters. The largest absolute Gasteiger partial charge is 1.00 e. The molecule has 0 unspecified atom stereocenters. The van der Waals surface area contributed by atoms with Crippen molar-refractivity contribution >= 4 is 13.3 Å². The number of amides is 1. The zero-order valence-electron chi connectivity index (χ0n) is 7.79. The van der Waals surface area contributed by atoms with Crippen LogP contribution in [0.25, 0.3) is 0 Å². The quantitative estimate of drug-likeness (QED) is 0.351. The molecule has 0 heterocycles. The molecule has 1 radical (unpaired) electrons. The summed E-state index contributed by atoms with van der Waals surface area (Å²) in [7, 11) is 3.42. The van der Waals surface area contributed by atoms with Crippen LogP contribution in [0, 0.1) is 19.2 Å². The van der Waals surface area contributed by atoms with Gasteiger partial charge in [0.2, 0.25) is 0 Å². The first-order valence-corrected chi connectivity index (χ1v) is 3.31. The van der Waals surface area contributed by atoms with Crippen molar-refractivity contribution in [2.24, 2.45) is 5.92 Å². The van der Waals surface area contributed by atoms with Crippen LogP contribution >= 0.6 is 0 Å². The fourth-order valence-corrected chi connectivity index (χ4v) is 0.384. The third-order valence-electron chi connectivity index (χ3n) is 1.09. The molecule has 0 aromatic rings. The van der Waals surface area contributed by atoms with Crippen molar-refractivity contribution in [1.82, 2.24) is 4.81 Å². The van der Waals surface area contributed by atoms with Gasteiger partial charge in [-0.05, 0) is 7.05 Å². The smallest absolute Gasteiger partial charge is 0.454 e. The van der Waals surface area contributed by atoms with Gasteiger partial charge in [0.25, 0.3) is 0 Å².